The summed E-state index contributed by atoms with van der Waals surface area (Å²) in [6, 6.07) is 5.45. The molecule has 1 heterocycles. The van der Waals surface area contributed by atoms with Gasteiger partial charge in [-0.2, -0.15) is 13.2 Å². The molecule has 0 amide bonds. The van der Waals surface area contributed by atoms with Crippen molar-refractivity contribution in [3.05, 3.63) is 47.7 Å². The van der Waals surface area contributed by atoms with E-state index in [1.807, 2.05) is 13.8 Å². The number of benzene rings is 1. The molecule has 0 bridgehead atoms. The summed E-state index contributed by atoms with van der Waals surface area (Å²) in [4.78, 5) is 2.23. The number of hydrogen-bond acceptors (Lipinski definition) is 4. The fourth-order valence-corrected chi connectivity index (χ4v) is 5.16. The first-order valence-electron chi connectivity index (χ1n) is 10.7. The molecule has 2 atom stereocenters. The first-order chi connectivity index (χ1) is 14.3. The van der Waals surface area contributed by atoms with Gasteiger partial charge in [0.05, 0.1) is 18.8 Å². The van der Waals surface area contributed by atoms with Crippen molar-refractivity contribution in [2.45, 2.75) is 57.7 Å². The second kappa shape index (κ2) is 12.0. The van der Waals surface area contributed by atoms with Crippen molar-refractivity contribution < 1.29 is 22.2 Å². The number of rotatable bonds is 10. The van der Waals surface area contributed by atoms with Crippen LogP contribution in [0.3, 0.4) is 0 Å². The average Bonchev–Trinajstić information content (AvgIpc) is 2.97. The summed E-state index contributed by atoms with van der Waals surface area (Å²) in [5, 5.41) is 0. The summed E-state index contributed by atoms with van der Waals surface area (Å²) in [6.07, 6.45) is 0.0219. The van der Waals surface area contributed by atoms with Gasteiger partial charge in [-0.05, 0) is 63.1 Å². The maximum Gasteiger partial charge on any atom is 0.416 e. The molecule has 0 aliphatic carbocycles. The van der Waals surface area contributed by atoms with Crippen LogP contribution in [-0.2, 0) is 15.2 Å². The summed E-state index contributed by atoms with van der Waals surface area (Å²) >= 11 is 0. The second-order valence-electron chi connectivity index (χ2n) is 7.51. The lowest BCUT2D eigenvalue weighted by Crippen LogP contribution is -2.35. The third-order valence-corrected chi connectivity index (χ3v) is 7.16. The van der Waals surface area contributed by atoms with Crippen molar-refractivity contribution in [3.8, 4) is 0 Å². The van der Waals surface area contributed by atoms with Crippen LogP contribution in [0.4, 0.5) is 13.2 Å². The number of alkyl halides is 3. The molecule has 0 spiro atoms. The van der Waals surface area contributed by atoms with E-state index in [1.54, 1.807) is 12.1 Å². The van der Waals surface area contributed by atoms with E-state index < -0.39 is 20.1 Å². The lowest BCUT2D eigenvalue weighted by molar-refractivity contribution is -0.137. The lowest BCUT2D eigenvalue weighted by Gasteiger charge is -2.29. The largest absolute Gasteiger partial charge is 0.416 e. The Morgan fingerprint density at radius 2 is 1.80 bits per heavy atom. The van der Waals surface area contributed by atoms with Crippen molar-refractivity contribution in [1.82, 2.24) is 4.90 Å². The van der Waals surface area contributed by atoms with Crippen LogP contribution in [-0.4, -0.2) is 43.4 Å². The fraction of sp³-hybridized carbons (Fsp3) is 0.636. The zero-order chi connectivity index (χ0) is 22.1. The van der Waals surface area contributed by atoms with E-state index in [0.717, 1.165) is 56.2 Å². The van der Waals surface area contributed by atoms with Crippen molar-refractivity contribution in [2.24, 2.45) is 5.73 Å². The third kappa shape index (κ3) is 7.52. The summed E-state index contributed by atoms with van der Waals surface area (Å²) in [7, 11) is -0.909. The Morgan fingerprint density at radius 1 is 1.17 bits per heavy atom. The molecule has 30 heavy (non-hydrogen) atoms. The van der Waals surface area contributed by atoms with E-state index in [2.05, 4.69) is 11.5 Å². The van der Waals surface area contributed by atoms with Gasteiger partial charge in [-0.3, -0.25) is 0 Å². The number of hydrogen-bond donors (Lipinski definition) is 1. The maximum absolute atomic E-state index is 12.8. The van der Waals surface area contributed by atoms with Gasteiger partial charge < -0.3 is 19.7 Å². The molecule has 0 radical (unpaired) electrons. The molecule has 1 unspecified atom stereocenters. The highest BCUT2D eigenvalue weighted by molar-refractivity contribution is 7.47. The highest BCUT2D eigenvalue weighted by Gasteiger charge is 2.30. The number of nitrogens with zero attached hydrogens (tertiary/aromatic N) is 1. The fourth-order valence-electron chi connectivity index (χ4n) is 3.76. The summed E-state index contributed by atoms with van der Waals surface area (Å²) in [6.45, 7) is 11.1. The Bertz CT molecular complexity index is 649. The van der Waals surface area contributed by atoms with Crippen molar-refractivity contribution in [2.75, 3.05) is 32.5 Å². The van der Waals surface area contributed by atoms with Crippen molar-refractivity contribution in [3.63, 3.8) is 0 Å². The van der Waals surface area contributed by atoms with E-state index >= 15 is 0 Å². The van der Waals surface area contributed by atoms with Gasteiger partial charge in [0.25, 0.3) is 0 Å². The maximum atomic E-state index is 12.8. The highest BCUT2D eigenvalue weighted by Crippen LogP contribution is 2.39. The molecule has 1 aliphatic rings. The van der Waals surface area contributed by atoms with Crippen LogP contribution in [0.15, 0.2) is 36.5 Å². The van der Waals surface area contributed by atoms with Crippen LogP contribution < -0.4 is 5.73 Å². The third-order valence-electron chi connectivity index (χ3n) is 5.44. The van der Waals surface area contributed by atoms with Crippen molar-refractivity contribution >= 4 is 8.38 Å². The van der Waals surface area contributed by atoms with E-state index in [9.17, 15) is 13.2 Å². The first-order valence-corrected chi connectivity index (χ1v) is 12.0. The average molecular weight is 446 g/mol. The monoisotopic (exact) mass is 446 g/mol. The molecule has 1 fully saturated rings. The Labute approximate surface area is 179 Å². The molecule has 0 aromatic heterocycles. The van der Waals surface area contributed by atoms with Gasteiger partial charge in [0.1, 0.15) is 0 Å². The number of nitrogens with two attached hydrogens (primary N) is 1. The van der Waals surface area contributed by atoms with Crippen molar-refractivity contribution in [1.29, 1.82) is 0 Å². The zero-order valence-electron chi connectivity index (χ0n) is 18.0. The molecule has 8 heteroatoms. The van der Waals surface area contributed by atoms with Gasteiger partial charge in [0.2, 0.25) is 0 Å². The zero-order valence-corrected chi connectivity index (χ0v) is 18.9. The molecule has 0 saturated carbocycles. The molecule has 1 saturated heterocycles. The summed E-state index contributed by atoms with van der Waals surface area (Å²) in [5.41, 5.74) is 7.69. The van der Waals surface area contributed by atoms with E-state index in [0.29, 0.717) is 13.2 Å². The predicted molar refractivity (Wildman–Crippen MR) is 116 cm³/mol. The molecule has 1 aliphatic heterocycles. The Balaban J connectivity index is 1.88. The van der Waals surface area contributed by atoms with Gasteiger partial charge in [0.15, 0.2) is 8.38 Å². The quantitative estimate of drug-likeness (QED) is 0.455. The van der Waals surface area contributed by atoms with E-state index in [-0.39, 0.29) is 12.0 Å². The van der Waals surface area contributed by atoms with Crippen LogP contribution in [0.1, 0.15) is 56.6 Å². The summed E-state index contributed by atoms with van der Waals surface area (Å²) in [5.74, 6) is 0.255. The molecule has 4 nitrogen and oxygen atoms in total. The molecular formula is C22H34F3N2O2P. The topological polar surface area (TPSA) is 47.7 Å². The molecule has 2 rings (SSSR count). The molecule has 1 aromatic rings. The first kappa shape index (κ1) is 25.1. The van der Waals surface area contributed by atoms with Crippen LogP contribution in [0.2, 0.25) is 0 Å². The Hall–Kier alpha value is -1.14. The second-order valence-corrected chi connectivity index (χ2v) is 9.14. The number of likely N-dealkylation sites (tertiary alicyclic amines) is 1. The normalized spacial score (nSPS) is 19.0. The van der Waals surface area contributed by atoms with Gasteiger partial charge in [0, 0.05) is 31.0 Å². The summed E-state index contributed by atoms with van der Waals surface area (Å²) < 4.78 is 49.7. The standard InChI is InChI=1S/C22H34F3N2O2P/c1-4-28-30(29-5-2)16-13-21(26)17(3)27-14-6-7-18(12-15-27)19-8-10-20(11-9-19)22(23,24)25/h8-11,18,21H,3-7,12-16,26H2,1-2H3/t18?,21-/m0/s1. The Kier molecular flexibility index (Phi) is 10.1. The van der Waals surface area contributed by atoms with Crippen LogP contribution in [0, 0.1) is 0 Å². The minimum absolute atomic E-state index is 0.154. The number of halogens is 3. The highest BCUT2D eigenvalue weighted by atomic mass is 31.2. The molecule has 2 N–H and O–H groups in total. The van der Waals surface area contributed by atoms with Crippen LogP contribution >= 0.6 is 8.38 Å². The SMILES string of the molecule is C=C([C@@H](N)CCP(OCC)OCC)N1CCCC(c2ccc(C(F)(F)F)cc2)CC1. The van der Waals surface area contributed by atoms with Gasteiger partial charge in [-0.1, -0.05) is 18.7 Å². The van der Waals surface area contributed by atoms with Crippen LogP contribution in [0.5, 0.6) is 0 Å². The molecule has 1 aromatic carbocycles. The van der Waals surface area contributed by atoms with Crippen LogP contribution in [0.25, 0.3) is 0 Å². The predicted octanol–water partition coefficient (Wildman–Crippen LogP) is 5.89. The smallest absolute Gasteiger partial charge is 0.374 e. The Morgan fingerprint density at radius 3 is 2.37 bits per heavy atom. The van der Waals surface area contributed by atoms with E-state index in [1.165, 1.54) is 12.1 Å². The van der Waals surface area contributed by atoms with E-state index in [4.69, 9.17) is 14.8 Å². The van der Waals surface area contributed by atoms with Gasteiger partial charge >= 0.3 is 6.18 Å². The van der Waals surface area contributed by atoms with Gasteiger partial charge in [-0.25, -0.2) is 0 Å². The lowest BCUT2D eigenvalue weighted by atomic mass is 9.91. The molecule has 170 valence electrons. The minimum Gasteiger partial charge on any atom is -0.374 e. The van der Waals surface area contributed by atoms with Gasteiger partial charge in [-0.15, -0.1) is 0 Å². The molecular weight excluding hydrogens is 412 g/mol. The minimum atomic E-state index is -4.29.